The number of halogens is 1. The van der Waals surface area contributed by atoms with E-state index in [1.54, 1.807) is 0 Å². The summed E-state index contributed by atoms with van der Waals surface area (Å²) in [6.45, 7) is 4.02. The molecule has 0 bridgehead atoms. The molecule has 3 atom stereocenters. The molecule has 52 valence electrons. The minimum absolute atomic E-state index is 0.0625. The summed E-state index contributed by atoms with van der Waals surface area (Å²) in [5.74, 6) is 1.40. The van der Waals surface area contributed by atoms with Crippen molar-refractivity contribution < 1.29 is 4.79 Å². The molecule has 0 saturated heterocycles. The van der Waals surface area contributed by atoms with E-state index in [0.717, 1.165) is 6.42 Å². The Morgan fingerprint density at radius 1 is 1.78 bits per heavy atom. The molecule has 9 heavy (non-hydrogen) atoms. The zero-order chi connectivity index (χ0) is 7.02. The molecule has 1 saturated carbocycles. The van der Waals surface area contributed by atoms with Crippen LogP contribution in [-0.4, -0.2) is 10.6 Å². The van der Waals surface area contributed by atoms with Gasteiger partial charge in [-0.25, -0.2) is 0 Å². The minimum atomic E-state index is 0.0625. The highest BCUT2D eigenvalue weighted by Crippen LogP contribution is 2.39. The molecular weight excluding hydrogens is 180 g/mol. The standard InChI is InChI=1S/C7H11BrO/c1-4-3-6(4)7(9)5(2)8/h4-6H,3H2,1-2H3. The van der Waals surface area contributed by atoms with Crippen LogP contribution in [0.5, 0.6) is 0 Å². The van der Waals surface area contributed by atoms with Crippen molar-refractivity contribution in [1.29, 1.82) is 0 Å². The van der Waals surface area contributed by atoms with E-state index < -0.39 is 0 Å². The largest absolute Gasteiger partial charge is 0.298 e. The van der Waals surface area contributed by atoms with E-state index in [0.29, 0.717) is 17.6 Å². The van der Waals surface area contributed by atoms with Crippen LogP contribution in [0.1, 0.15) is 20.3 Å². The van der Waals surface area contributed by atoms with Crippen LogP contribution in [0.4, 0.5) is 0 Å². The summed E-state index contributed by atoms with van der Waals surface area (Å²) >= 11 is 3.26. The van der Waals surface area contributed by atoms with Gasteiger partial charge in [-0.2, -0.15) is 0 Å². The molecule has 0 amide bonds. The van der Waals surface area contributed by atoms with Gasteiger partial charge in [0.1, 0.15) is 5.78 Å². The molecular formula is C7H11BrO. The van der Waals surface area contributed by atoms with E-state index >= 15 is 0 Å². The van der Waals surface area contributed by atoms with Gasteiger partial charge in [0, 0.05) is 5.92 Å². The first-order valence-corrected chi connectivity index (χ1v) is 4.22. The van der Waals surface area contributed by atoms with Gasteiger partial charge in [-0.05, 0) is 19.3 Å². The summed E-state index contributed by atoms with van der Waals surface area (Å²) in [5, 5.41) is 0. The topological polar surface area (TPSA) is 17.1 Å². The Kier molecular flexibility index (Phi) is 1.94. The molecule has 2 heteroatoms. The molecule has 0 N–H and O–H groups in total. The van der Waals surface area contributed by atoms with Crippen molar-refractivity contribution in [2.75, 3.05) is 0 Å². The minimum Gasteiger partial charge on any atom is -0.298 e. The fourth-order valence-electron chi connectivity index (χ4n) is 1.01. The average molecular weight is 191 g/mol. The predicted octanol–water partition coefficient (Wildman–Crippen LogP) is 1.99. The van der Waals surface area contributed by atoms with Gasteiger partial charge in [0.25, 0.3) is 0 Å². The predicted molar refractivity (Wildman–Crippen MR) is 40.7 cm³/mol. The molecule has 3 unspecified atom stereocenters. The zero-order valence-corrected chi connectivity index (χ0v) is 7.31. The zero-order valence-electron chi connectivity index (χ0n) is 5.73. The number of alkyl halides is 1. The van der Waals surface area contributed by atoms with E-state index in [4.69, 9.17) is 0 Å². The van der Waals surface area contributed by atoms with Crippen LogP contribution in [0.25, 0.3) is 0 Å². The van der Waals surface area contributed by atoms with Gasteiger partial charge in [-0.1, -0.05) is 22.9 Å². The maximum Gasteiger partial charge on any atom is 0.149 e. The fraction of sp³-hybridized carbons (Fsp3) is 0.857. The third-order valence-electron chi connectivity index (χ3n) is 1.87. The Bertz CT molecular complexity index is 131. The molecule has 1 rings (SSSR count). The van der Waals surface area contributed by atoms with Gasteiger partial charge in [0.2, 0.25) is 0 Å². The normalized spacial score (nSPS) is 35.9. The van der Waals surface area contributed by atoms with Crippen molar-refractivity contribution in [2.24, 2.45) is 11.8 Å². The van der Waals surface area contributed by atoms with Crippen LogP contribution in [0.2, 0.25) is 0 Å². The van der Waals surface area contributed by atoms with Crippen molar-refractivity contribution in [3.8, 4) is 0 Å². The molecule has 0 aromatic rings. The van der Waals surface area contributed by atoms with Crippen molar-refractivity contribution in [2.45, 2.75) is 25.1 Å². The number of hydrogen-bond donors (Lipinski definition) is 0. The Balaban J connectivity index is 2.36. The molecule has 0 heterocycles. The maximum absolute atomic E-state index is 11.1. The van der Waals surface area contributed by atoms with Crippen molar-refractivity contribution in [1.82, 2.24) is 0 Å². The number of Topliss-reactive ketones (excluding diaryl/α,β-unsaturated/α-hetero) is 1. The highest BCUT2D eigenvalue weighted by Gasteiger charge is 2.39. The highest BCUT2D eigenvalue weighted by molar-refractivity contribution is 9.10. The molecule has 0 spiro atoms. The number of hydrogen-bond acceptors (Lipinski definition) is 1. The molecule has 0 aliphatic heterocycles. The van der Waals surface area contributed by atoms with Crippen LogP contribution in [0.15, 0.2) is 0 Å². The number of carbonyl (C=O) groups is 1. The third-order valence-corrected chi connectivity index (χ3v) is 2.32. The molecule has 0 aromatic heterocycles. The van der Waals surface area contributed by atoms with Crippen LogP contribution in [0, 0.1) is 11.8 Å². The first kappa shape index (κ1) is 7.26. The lowest BCUT2D eigenvalue weighted by atomic mass is 10.2. The smallest absolute Gasteiger partial charge is 0.149 e. The second kappa shape index (κ2) is 2.41. The summed E-state index contributed by atoms with van der Waals surface area (Å²) in [6, 6.07) is 0. The Morgan fingerprint density at radius 2 is 2.22 bits per heavy atom. The maximum atomic E-state index is 11.1. The monoisotopic (exact) mass is 190 g/mol. The lowest BCUT2D eigenvalue weighted by Gasteiger charge is -1.97. The van der Waals surface area contributed by atoms with E-state index in [2.05, 4.69) is 22.9 Å². The Labute approximate surface area is 64.0 Å². The van der Waals surface area contributed by atoms with E-state index in [1.807, 2.05) is 6.92 Å². The number of rotatable bonds is 2. The lowest BCUT2D eigenvalue weighted by Crippen LogP contribution is -2.12. The van der Waals surface area contributed by atoms with Crippen molar-refractivity contribution in [3.05, 3.63) is 0 Å². The van der Waals surface area contributed by atoms with Gasteiger partial charge < -0.3 is 0 Å². The number of ketones is 1. The van der Waals surface area contributed by atoms with Gasteiger partial charge >= 0.3 is 0 Å². The summed E-state index contributed by atoms with van der Waals surface area (Å²) in [4.78, 5) is 11.1. The van der Waals surface area contributed by atoms with Gasteiger partial charge in [0.05, 0.1) is 4.83 Å². The molecule has 0 radical (unpaired) electrons. The van der Waals surface area contributed by atoms with Crippen molar-refractivity contribution >= 4 is 21.7 Å². The third kappa shape index (κ3) is 1.54. The van der Waals surface area contributed by atoms with E-state index in [1.165, 1.54) is 0 Å². The van der Waals surface area contributed by atoms with Crippen molar-refractivity contribution in [3.63, 3.8) is 0 Å². The van der Waals surface area contributed by atoms with Crippen LogP contribution in [-0.2, 0) is 4.79 Å². The molecule has 1 aliphatic carbocycles. The van der Waals surface area contributed by atoms with E-state index in [-0.39, 0.29) is 4.83 Å². The Morgan fingerprint density at radius 3 is 2.33 bits per heavy atom. The summed E-state index contributed by atoms with van der Waals surface area (Å²) in [5.41, 5.74) is 0. The summed E-state index contributed by atoms with van der Waals surface area (Å²) in [7, 11) is 0. The summed E-state index contributed by atoms with van der Waals surface area (Å²) < 4.78 is 0. The molecule has 1 fully saturated rings. The molecule has 0 aromatic carbocycles. The summed E-state index contributed by atoms with van der Waals surface area (Å²) in [6.07, 6.45) is 1.11. The Hall–Kier alpha value is 0.150. The second-order valence-electron chi connectivity index (χ2n) is 2.84. The van der Waals surface area contributed by atoms with E-state index in [9.17, 15) is 4.79 Å². The van der Waals surface area contributed by atoms with Gasteiger partial charge in [-0.3, -0.25) is 4.79 Å². The molecule has 1 aliphatic rings. The average Bonchev–Trinajstić information content (AvgIpc) is 2.44. The first-order valence-electron chi connectivity index (χ1n) is 3.30. The van der Waals surface area contributed by atoms with Crippen LogP contribution in [0.3, 0.4) is 0 Å². The quantitative estimate of drug-likeness (QED) is 0.610. The second-order valence-corrected chi connectivity index (χ2v) is 4.21. The molecule has 1 nitrogen and oxygen atoms in total. The van der Waals surface area contributed by atoms with Gasteiger partial charge in [-0.15, -0.1) is 0 Å². The first-order chi connectivity index (χ1) is 4.13. The fourth-order valence-corrected chi connectivity index (χ4v) is 1.35. The van der Waals surface area contributed by atoms with Gasteiger partial charge in [0.15, 0.2) is 0 Å². The number of carbonyl (C=O) groups excluding carboxylic acids is 1. The SMILES string of the molecule is CC(Br)C(=O)C1CC1C. The van der Waals surface area contributed by atoms with Crippen LogP contribution >= 0.6 is 15.9 Å². The highest BCUT2D eigenvalue weighted by atomic mass is 79.9. The van der Waals surface area contributed by atoms with Crippen LogP contribution < -0.4 is 0 Å². The lowest BCUT2D eigenvalue weighted by molar-refractivity contribution is -0.119.